The van der Waals surface area contributed by atoms with Crippen LogP contribution < -0.4 is 0 Å². The van der Waals surface area contributed by atoms with E-state index in [1.54, 1.807) is 11.3 Å². The second-order valence-electron chi connectivity index (χ2n) is 32.5. The van der Waals surface area contributed by atoms with Gasteiger partial charge in [0, 0.05) is 91.8 Å². The number of rotatable bonds is 9. The number of furan rings is 2. The normalized spacial score (nSPS) is 11.7. The minimum Gasteiger partial charge on any atom is -0.456 e. The molecule has 6 heterocycles. The predicted octanol–water partition coefficient (Wildman–Crippen LogP) is 31.2. The third kappa shape index (κ3) is 13.2. The Bertz CT molecular complexity index is 8880. The molecule has 0 bridgehead atoms. The molecule has 0 fully saturated rings. The maximum Gasteiger partial charge on any atom is 0.164 e. The molecule has 0 atom stereocenters. The van der Waals surface area contributed by atoms with Crippen LogP contribution in [0.1, 0.15) is 0 Å². The Morgan fingerprint density at radius 3 is 0.868 bits per heavy atom. The van der Waals surface area contributed by atoms with Gasteiger partial charge in [-0.3, -0.25) is 0 Å². The van der Waals surface area contributed by atoms with Crippen LogP contribution in [-0.2, 0) is 0 Å². The molecule has 11 nitrogen and oxygen atoms in total. The molecule has 600 valence electrons. The van der Waals surface area contributed by atoms with E-state index in [4.69, 9.17) is 53.7 Å². The van der Waals surface area contributed by atoms with E-state index in [1.165, 1.54) is 117 Å². The fourth-order valence-corrected chi connectivity index (χ4v) is 19.8. The van der Waals surface area contributed by atoms with Gasteiger partial charge in [-0.05, 0) is 164 Å². The Hall–Kier alpha value is -17.2. The first-order valence-corrected chi connectivity index (χ1v) is 43.9. The van der Waals surface area contributed by atoms with Crippen molar-refractivity contribution in [2.45, 2.75) is 0 Å². The van der Waals surface area contributed by atoms with Crippen LogP contribution in [-0.4, -0.2) is 44.9 Å². The van der Waals surface area contributed by atoms with E-state index in [9.17, 15) is 0 Å². The summed E-state index contributed by atoms with van der Waals surface area (Å²) in [5.41, 5.74) is 11.9. The standard InChI is InChI=1S/2C39H23N3O.C39H23N3S/c1-2-10-26(11-3-1)37-40-38(42-39(41-37)32-14-8-16-35-36(32)31-13-6-7-15-34(31)43-35)27-18-17-25-20-21-29-28-12-5-4-9-24(28)19-22-30(29)33(25)23-27;1-2-9-26(10-3-1)37-40-38(42-39(41-37)28-18-21-36-34(23-28)32-12-6-7-13-35(32)43-36)27-15-14-25-17-19-30-29-11-5-4-8-24(29)16-20-31(30)33(25)22-27;1-2-10-26(11-3-1)37-40-38(42-39(41-37)32-14-8-16-35-36(32)31-13-6-7-15-34(31)43-35)27-18-17-25-20-21-29-28-12-5-4-9-24(28)19-22-30(29)33(25)23-27/h3*1-23H. The zero-order valence-corrected chi connectivity index (χ0v) is 69.9. The van der Waals surface area contributed by atoms with Crippen molar-refractivity contribution in [2.75, 3.05) is 0 Å². The summed E-state index contributed by atoms with van der Waals surface area (Å²) in [5, 5.41) is 28.5. The zero-order chi connectivity index (χ0) is 85.0. The number of aromatic nitrogens is 9. The molecule has 0 saturated heterocycles. The van der Waals surface area contributed by atoms with Gasteiger partial charge in [0.05, 0.1) is 0 Å². The molecular formula is C117H69N9O2S. The highest BCUT2D eigenvalue weighted by atomic mass is 32.1. The molecular weight excluding hydrogens is 1600 g/mol. The number of hydrogen-bond acceptors (Lipinski definition) is 12. The number of fused-ring (bicyclic) bond motifs is 24. The Morgan fingerprint density at radius 1 is 0.147 bits per heavy atom. The van der Waals surface area contributed by atoms with E-state index in [1.807, 2.05) is 140 Å². The van der Waals surface area contributed by atoms with Crippen LogP contribution in [0, 0.1) is 0 Å². The summed E-state index contributed by atoms with van der Waals surface area (Å²) in [6.45, 7) is 0. The molecule has 129 heavy (non-hydrogen) atoms. The lowest BCUT2D eigenvalue weighted by Crippen LogP contribution is -2.00. The van der Waals surface area contributed by atoms with Crippen LogP contribution >= 0.6 is 11.3 Å². The summed E-state index contributed by atoms with van der Waals surface area (Å²) >= 11 is 1.80. The largest absolute Gasteiger partial charge is 0.456 e. The molecule has 0 radical (unpaired) electrons. The Kier molecular flexibility index (Phi) is 17.9. The molecule has 0 N–H and O–H groups in total. The van der Waals surface area contributed by atoms with E-state index in [2.05, 4.69) is 279 Å². The van der Waals surface area contributed by atoms with E-state index in [0.29, 0.717) is 52.4 Å². The van der Waals surface area contributed by atoms with Crippen molar-refractivity contribution in [3.05, 3.63) is 419 Å². The van der Waals surface area contributed by atoms with Crippen molar-refractivity contribution in [2.24, 2.45) is 0 Å². The van der Waals surface area contributed by atoms with Gasteiger partial charge in [-0.15, -0.1) is 11.3 Å². The summed E-state index contributed by atoms with van der Waals surface area (Å²) in [7, 11) is 0. The van der Waals surface area contributed by atoms with Crippen molar-refractivity contribution >= 4 is 172 Å². The van der Waals surface area contributed by atoms with Crippen molar-refractivity contribution in [3.8, 4) is 102 Å². The second kappa shape index (κ2) is 30.9. The molecule has 27 aromatic rings. The van der Waals surface area contributed by atoms with Crippen LogP contribution in [0.5, 0.6) is 0 Å². The highest BCUT2D eigenvalue weighted by Crippen LogP contribution is 2.45. The summed E-state index contributed by atoms with van der Waals surface area (Å²) in [4.78, 5) is 45.4. The highest BCUT2D eigenvalue weighted by Gasteiger charge is 2.23. The SMILES string of the molecule is c1ccc(-c2nc(-c3ccc4ccc5c6ccccc6ccc5c4c3)nc(-c3ccc4oc5ccccc5c4c3)n2)cc1.c1ccc(-c2nc(-c3ccc4ccc5c6ccccc6ccc5c4c3)nc(-c3cccc4oc5ccccc5c34)n2)cc1.c1ccc(-c2nc(-c3ccc4ccc5c6ccccc6ccc5c4c3)nc(-c3cccc4sc5ccccc5c34)n2)cc1. The lowest BCUT2D eigenvalue weighted by molar-refractivity contribution is 0.668. The van der Waals surface area contributed by atoms with Gasteiger partial charge in [0.2, 0.25) is 0 Å². The van der Waals surface area contributed by atoms with Gasteiger partial charge < -0.3 is 8.83 Å². The first-order chi connectivity index (χ1) is 63.9. The summed E-state index contributed by atoms with van der Waals surface area (Å²) in [6, 6.07) is 146. The molecule has 0 unspecified atom stereocenters. The van der Waals surface area contributed by atoms with Gasteiger partial charge in [0.25, 0.3) is 0 Å². The maximum absolute atomic E-state index is 6.19. The Balaban J connectivity index is 0.000000105. The monoisotopic (exact) mass is 1660 g/mol. The lowest BCUT2D eigenvalue weighted by Gasteiger charge is -2.11. The number of hydrogen-bond donors (Lipinski definition) is 0. The van der Waals surface area contributed by atoms with Gasteiger partial charge in [-0.1, -0.05) is 352 Å². The molecule has 0 aliphatic rings. The number of para-hydroxylation sites is 2. The van der Waals surface area contributed by atoms with E-state index >= 15 is 0 Å². The van der Waals surface area contributed by atoms with Crippen molar-refractivity contribution in [1.82, 2.24) is 44.9 Å². The van der Waals surface area contributed by atoms with Gasteiger partial charge in [0.15, 0.2) is 52.4 Å². The average Bonchev–Trinajstić information content (AvgIpc) is 1.09. The summed E-state index contributed by atoms with van der Waals surface area (Å²) < 4.78 is 14.8. The molecule has 0 saturated carbocycles. The quantitative estimate of drug-likeness (QED) is 0.127. The molecule has 0 aliphatic heterocycles. The van der Waals surface area contributed by atoms with E-state index < -0.39 is 0 Å². The van der Waals surface area contributed by atoms with Crippen LogP contribution in [0.25, 0.3) is 263 Å². The first-order valence-electron chi connectivity index (χ1n) is 43.1. The molecule has 0 spiro atoms. The van der Waals surface area contributed by atoms with Gasteiger partial charge in [-0.25, -0.2) is 44.9 Å². The van der Waals surface area contributed by atoms with Crippen LogP contribution in [0.3, 0.4) is 0 Å². The van der Waals surface area contributed by atoms with Crippen molar-refractivity contribution < 1.29 is 8.83 Å². The van der Waals surface area contributed by atoms with Crippen molar-refractivity contribution in [3.63, 3.8) is 0 Å². The van der Waals surface area contributed by atoms with Crippen LogP contribution in [0.15, 0.2) is 427 Å². The molecule has 12 heteroatoms. The van der Waals surface area contributed by atoms with Gasteiger partial charge >= 0.3 is 0 Å². The first kappa shape index (κ1) is 74.4. The molecule has 0 amide bonds. The third-order valence-electron chi connectivity index (χ3n) is 24.9. The van der Waals surface area contributed by atoms with Crippen LogP contribution in [0.4, 0.5) is 0 Å². The number of nitrogens with zero attached hydrogens (tertiary/aromatic N) is 9. The molecule has 27 rings (SSSR count). The minimum absolute atomic E-state index is 0.616. The van der Waals surface area contributed by atoms with E-state index in [0.717, 1.165) is 93.9 Å². The average molecular weight is 1660 g/mol. The Labute approximate surface area is 742 Å². The summed E-state index contributed by atoms with van der Waals surface area (Å²) in [6.07, 6.45) is 0. The van der Waals surface area contributed by atoms with Crippen molar-refractivity contribution in [1.29, 1.82) is 0 Å². The molecule has 0 aliphatic carbocycles. The van der Waals surface area contributed by atoms with Gasteiger partial charge in [0.1, 0.15) is 22.3 Å². The Morgan fingerprint density at radius 2 is 0.426 bits per heavy atom. The maximum atomic E-state index is 6.19. The number of thiophene rings is 1. The fourth-order valence-electron chi connectivity index (χ4n) is 18.7. The van der Waals surface area contributed by atoms with Crippen LogP contribution in [0.2, 0.25) is 0 Å². The molecule has 6 aromatic heterocycles. The summed E-state index contributed by atoms with van der Waals surface area (Å²) in [5.74, 6) is 5.80. The third-order valence-corrected chi connectivity index (χ3v) is 26.1. The van der Waals surface area contributed by atoms with E-state index in [-0.39, 0.29) is 0 Å². The minimum atomic E-state index is 0.616. The highest BCUT2D eigenvalue weighted by molar-refractivity contribution is 7.26. The number of benzene rings is 21. The topological polar surface area (TPSA) is 142 Å². The van der Waals surface area contributed by atoms with Gasteiger partial charge in [-0.2, -0.15) is 0 Å². The fraction of sp³-hybridized carbons (Fsp3) is 0. The predicted molar refractivity (Wildman–Crippen MR) is 533 cm³/mol. The molecule has 21 aromatic carbocycles. The second-order valence-corrected chi connectivity index (χ2v) is 33.6. The zero-order valence-electron chi connectivity index (χ0n) is 69.1. The lowest BCUT2D eigenvalue weighted by atomic mass is 9.96. The smallest absolute Gasteiger partial charge is 0.164 e.